The van der Waals surface area contributed by atoms with E-state index in [0.717, 1.165) is 51.3 Å². The molecule has 1 saturated carbocycles. The van der Waals surface area contributed by atoms with E-state index in [-0.39, 0.29) is 29.4 Å². The molecule has 0 radical (unpaired) electrons. The Morgan fingerprint density at radius 2 is 2.08 bits per heavy atom. The molecule has 150 valence electrons. The van der Waals surface area contributed by atoms with Crippen LogP contribution in [-0.4, -0.2) is 47.6 Å². The Balaban J connectivity index is 0.00000338. The summed E-state index contributed by atoms with van der Waals surface area (Å²) in [6, 6.07) is 0.426. The first-order valence-corrected chi connectivity index (χ1v) is 9.73. The van der Waals surface area contributed by atoms with Crippen molar-refractivity contribution in [1.29, 1.82) is 0 Å². The number of hydrogen-bond acceptors (Lipinski definition) is 3. The van der Waals surface area contributed by atoms with Crippen molar-refractivity contribution < 1.29 is 4.74 Å². The highest BCUT2D eigenvalue weighted by atomic mass is 127. The molecule has 26 heavy (non-hydrogen) atoms. The highest BCUT2D eigenvalue weighted by molar-refractivity contribution is 14.0. The van der Waals surface area contributed by atoms with Crippen molar-refractivity contribution in [1.82, 2.24) is 20.4 Å². The third kappa shape index (κ3) is 5.34. The highest BCUT2D eigenvalue weighted by Crippen LogP contribution is 2.48. The molecule has 1 aliphatic carbocycles. The van der Waals surface area contributed by atoms with Crippen LogP contribution in [0.3, 0.4) is 0 Å². The third-order valence-electron chi connectivity index (χ3n) is 5.55. The van der Waals surface area contributed by atoms with Gasteiger partial charge in [-0.05, 0) is 45.1 Å². The summed E-state index contributed by atoms with van der Waals surface area (Å²) in [6.07, 6.45) is 8.54. The topological polar surface area (TPSA) is 63.5 Å². The van der Waals surface area contributed by atoms with Crippen LogP contribution in [0.4, 0.5) is 0 Å². The standard InChI is InChI=1S/C19H35N5O.HI/c1-6-19(7-2)16(12-17(19)25-9-4)23-18(20-8-3)21-11-10-15-13-22-24(5)14-15;/h13-14,16-17H,6-12H2,1-5H3,(H2,20,21,23);1H. The minimum atomic E-state index is 0. The van der Waals surface area contributed by atoms with Gasteiger partial charge in [0.2, 0.25) is 0 Å². The summed E-state index contributed by atoms with van der Waals surface area (Å²) in [5.74, 6) is 0.914. The molecule has 1 aliphatic rings. The highest BCUT2D eigenvalue weighted by Gasteiger charge is 2.53. The van der Waals surface area contributed by atoms with E-state index in [1.165, 1.54) is 5.56 Å². The maximum Gasteiger partial charge on any atom is 0.191 e. The van der Waals surface area contributed by atoms with Gasteiger partial charge >= 0.3 is 0 Å². The quantitative estimate of drug-likeness (QED) is 0.326. The lowest BCUT2D eigenvalue weighted by Gasteiger charge is -2.55. The number of ether oxygens (including phenoxy) is 1. The molecule has 0 aliphatic heterocycles. The Morgan fingerprint density at radius 3 is 2.62 bits per heavy atom. The van der Waals surface area contributed by atoms with Crippen molar-refractivity contribution in [2.45, 2.75) is 65.5 Å². The smallest absolute Gasteiger partial charge is 0.191 e. The van der Waals surface area contributed by atoms with E-state index in [9.17, 15) is 0 Å². The van der Waals surface area contributed by atoms with Gasteiger partial charge in [-0.1, -0.05) is 13.8 Å². The van der Waals surface area contributed by atoms with Crippen LogP contribution in [-0.2, 0) is 18.2 Å². The second kappa shape index (κ2) is 11.1. The molecular weight excluding hydrogens is 441 g/mol. The normalized spacial score (nSPS) is 21.7. The molecule has 1 aromatic rings. The first-order valence-electron chi connectivity index (χ1n) is 9.73. The van der Waals surface area contributed by atoms with Crippen LogP contribution >= 0.6 is 24.0 Å². The van der Waals surface area contributed by atoms with E-state index in [2.05, 4.69) is 43.4 Å². The van der Waals surface area contributed by atoms with Crippen molar-refractivity contribution >= 4 is 29.9 Å². The van der Waals surface area contributed by atoms with Crippen LogP contribution in [0.25, 0.3) is 0 Å². The Bertz CT molecular complexity index is 556. The monoisotopic (exact) mass is 477 g/mol. The SMILES string of the molecule is CCNC(=NCCc1cnn(C)c1)NC1CC(OCC)C1(CC)CC.I. The summed E-state index contributed by atoms with van der Waals surface area (Å²) in [7, 11) is 1.94. The number of guanidine groups is 1. The summed E-state index contributed by atoms with van der Waals surface area (Å²) in [6.45, 7) is 11.2. The number of aryl methyl sites for hydroxylation is 1. The van der Waals surface area contributed by atoms with Crippen LogP contribution in [0.15, 0.2) is 17.4 Å². The van der Waals surface area contributed by atoms with Gasteiger partial charge in [-0.2, -0.15) is 5.10 Å². The molecule has 2 N–H and O–H groups in total. The van der Waals surface area contributed by atoms with Crippen LogP contribution < -0.4 is 10.6 Å². The Hall–Kier alpha value is -0.830. The lowest BCUT2D eigenvalue weighted by atomic mass is 9.58. The minimum Gasteiger partial charge on any atom is -0.378 e. The molecule has 1 fully saturated rings. The second-order valence-electron chi connectivity index (χ2n) is 6.85. The molecule has 1 aromatic heterocycles. The fourth-order valence-electron chi connectivity index (χ4n) is 3.97. The van der Waals surface area contributed by atoms with Crippen molar-refractivity contribution in [2.75, 3.05) is 19.7 Å². The predicted molar refractivity (Wildman–Crippen MR) is 118 cm³/mol. The van der Waals surface area contributed by atoms with Gasteiger partial charge in [-0.15, -0.1) is 24.0 Å². The van der Waals surface area contributed by atoms with Gasteiger partial charge in [0.05, 0.1) is 12.3 Å². The Kier molecular flexibility index (Phi) is 9.92. The molecular formula is C19H36IN5O. The maximum atomic E-state index is 5.98. The van der Waals surface area contributed by atoms with Crippen molar-refractivity contribution in [3.63, 3.8) is 0 Å². The van der Waals surface area contributed by atoms with E-state index in [4.69, 9.17) is 9.73 Å². The molecule has 0 saturated heterocycles. The average molecular weight is 477 g/mol. The predicted octanol–water partition coefficient (Wildman–Crippen LogP) is 3.12. The molecule has 0 spiro atoms. The van der Waals surface area contributed by atoms with Crippen LogP contribution in [0.5, 0.6) is 0 Å². The zero-order valence-corrected chi connectivity index (χ0v) is 19.2. The molecule has 2 atom stereocenters. The lowest BCUT2D eigenvalue weighted by Crippen LogP contribution is -2.65. The van der Waals surface area contributed by atoms with E-state index in [1.54, 1.807) is 0 Å². The lowest BCUT2D eigenvalue weighted by molar-refractivity contribution is -0.133. The first kappa shape index (κ1) is 23.2. The van der Waals surface area contributed by atoms with Gasteiger partial charge in [0.1, 0.15) is 0 Å². The van der Waals surface area contributed by atoms with Gasteiger partial charge in [-0.3, -0.25) is 9.67 Å². The number of nitrogens with zero attached hydrogens (tertiary/aromatic N) is 3. The molecule has 0 aromatic carbocycles. The zero-order valence-electron chi connectivity index (χ0n) is 16.9. The van der Waals surface area contributed by atoms with E-state index in [1.807, 2.05) is 24.1 Å². The largest absolute Gasteiger partial charge is 0.378 e. The van der Waals surface area contributed by atoms with Gasteiger partial charge in [0, 0.05) is 44.4 Å². The van der Waals surface area contributed by atoms with Crippen LogP contribution in [0.2, 0.25) is 0 Å². The molecule has 2 rings (SSSR count). The Labute approximate surface area is 175 Å². The number of hydrogen-bond donors (Lipinski definition) is 2. The third-order valence-corrected chi connectivity index (χ3v) is 5.55. The molecule has 1 heterocycles. The number of aliphatic imine (C=N–C) groups is 1. The van der Waals surface area contributed by atoms with Gasteiger partial charge in [0.15, 0.2) is 5.96 Å². The van der Waals surface area contributed by atoms with Gasteiger partial charge in [-0.25, -0.2) is 0 Å². The van der Waals surface area contributed by atoms with E-state index < -0.39 is 0 Å². The van der Waals surface area contributed by atoms with Gasteiger partial charge in [0.25, 0.3) is 0 Å². The summed E-state index contributed by atoms with van der Waals surface area (Å²) >= 11 is 0. The summed E-state index contributed by atoms with van der Waals surface area (Å²) in [5, 5.41) is 11.3. The van der Waals surface area contributed by atoms with Gasteiger partial charge < -0.3 is 15.4 Å². The van der Waals surface area contributed by atoms with Crippen LogP contribution in [0, 0.1) is 5.41 Å². The summed E-state index contributed by atoms with van der Waals surface area (Å²) in [4.78, 5) is 4.76. The fourth-order valence-corrected chi connectivity index (χ4v) is 3.97. The summed E-state index contributed by atoms with van der Waals surface area (Å²) < 4.78 is 7.81. The number of rotatable bonds is 9. The van der Waals surface area contributed by atoms with Crippen molar-refractivity contribution in [3.8, 4) is 0 Å². The number of halogens is 1. The van der Waals surface area contributed by atoms with Crippen LogP contribution in [0.1, 0.15) is 52.5 Å². The maximum absolute atomic E-state index is 5.98. The van der Waals surface area contributed by atoms with E-state index >= 15 is 0 Å². The fraction of sp³-hybridized carbons (Fsp3) is 0.789. The number of nitrogens with one attached hydrogen (secondary N) is 2. The molecule has 0 amide bonds. The molecule has 7 heteroatoms. The second-order valence-corrected chi connectivity index (χ2v) is 6.85. The molecule has 6 nitrogen and oxygen atoms in total. The summed E-state index contributed by atoms with van der Waals surface area (Å²) in [5.41, 5.74) is 1.44. The molecule has 2 unspecified atom stereocenters. The number of aromatic nitrogens is 2. The van der Waals surface area contributed by atoms with Crippen molar-refractivity contribution in [3.05, 3.63) is 18.0 Å². The molecule has 0 bridgehead atoms. The zero-order chi connectivity index (χ0) is 18.3. The average Bonchev–Trinajstić information content (AvgIpc) is 3.00. The van der Waals surface area contributed by atoms with Crippen molar-refractivity contribution in [2.24, 2.45) is 17.5 Å². The minimum absolute atomic E-state index is 0. The van der Waals surface area contributed by atoms with E-state index in [0.29, 0.717) is 12.1 Å². The first-order chi connectivity index (χ1) is 12.1. The Morgan fingerprint density at radius 1 is 1.35 bits per heavy atom.